The molecule has 2 rings (SSSR count). The van der Waals surface area contributed by atoms with Gasteiger partial charge in [0.15, 0.2) is 0 Å². The van der Waals surface area contributed by atoms with Crippen LogP contribution in [0.5, 0.6) is 0 Å². The number of nitrogens with one attached hydrogen (secondary N) is 1. The Hall–Kier alpha value is -2.11. The number of amides is 2. The van der Waals surface area contributed by atoms with Crippen LogP contribution in [0.4, 0.5) is 10.5 Å². The van der Waals surface area contributed by atoms with Crippen molar-refractivity contribution in [2.45, 2.75) is 26.3 Å². The second-order valence-electron chi connectivity index (χ2n) is 4.86. The zero-order chi connectivity index (χ0) is 14.0. The molecule has 1 fully saturated rings. The lowest BCUT2D eigenvalue weighted by molar-refractivity contribution is -0.142. The van der Waals surface area contributed by atoms with Gasteiger partial charge in [0.05, 0.1) is 11.9 Å². The Morgan fingerprint density at radius 3 is 2.89 bits per heavy atom. The fourth-order valence-corrected chi connectivity index (χ4v) is 2.33. The van der Waals surface area contributed by atoms with E-state index in [9.17, 15) is 14.7 Å². The van der Waals surface area contributed by atoms with Crippen LogP contribution in [0, 0.1) is 12.8 Å². The van der Waals surface area contributed by atoms with Crippen LogP contribution in [0.25, 0.3) is 0 Å². The van der Waals surface area contributed by atoms with Gasteiger partial charge in [-0.15, -0.1) is 0 Å². The molecular formula is C13H17N3O3. The van der Waals surface area contributed by atoms with E-state index < -0.39 is 12.0 Å². The van der Waals surface area contributed by atoms with Crippen molar-refractivity contribution in [3.8, 4) is 0 Å². The first-order valence-corrected chi connectivity index (χ1v) is 6.21. The number of carbonyl (C=O) groups is 2. The van der Waals surface area contributed by atoms with Crippen LogP contribution in [-0.4, -0.2) is 39.6 Å². The zero-order valence-electron chi connectivity index (χ0n) is 11.0. The Balaban J connectivity index is 2.12. The highest BCUT2D eigenvalue weighted by atomic mass is 16.4. The Morgan fingerprint density at radius 1 is 1.53 bits per heavy atom. The van der Waals surface area contributed by atoms with Crippen LogP contribution in [-0.2, 0) is 4.79 Å². The Morgan fingerprint density at radius 2 is 2.26 bits per heavy atom. The number of carboxylic acids is 1. The number of aliphatic carboxylic acids is 1. The first-order valence-electron chi connectivity index (χ1n) is 6.21. The van der Waals surface area contributed by atoms with Gasteiger partial charge in [-0.05, 0) is 30.9 Å². The lowest BCUT2D eigenvalue weighted by Crippen LogP contribution is -2.44. The number of hydrogen-bond acceptors (Lipinski definition) is 3. The third-order valence-corrected chi connectivity index (χ3v) is 3.49. The predicted molar refractivity (Wildman–Crippen MR) is 69.9 cm³/mol. The summed E-state index contributed by atoms with van der Waals surface area (Å²) in [5.74, 6) is -0.985. The maximum atomic E-state index is 12.2. The first kappa shape index (κ1) is 13.3. The fourth-order valence-electron chi connectivity index (χ4n) is 2.33. The highest BCUT2D eigenvalue weighted by molar-refractivity contribution is 5.93. The summed E-state index contributed by atoms with van der Waals surface area (Å²) in [5.41, 5.74) is 1.50. The van der Waals surface area contributed by atoms with Crippen molar-refractivity contribution in [1.82, 2.24) is 9.88 Å². The van der Waals surface area contributed by atoms with Crippen LogP contribution in [0.3, 0.4) is 0 Å². The number of carboxylic acid groups (broad SMARTS) is 1. The summed E-state index contributed by atoms with van der Waals surface area (Å²) in [6.45, 7) is 4.17. The summed E-state index contributed by atoms with van der Waals surface area (Å²) in [7, 11) is 0. The van der Waals surface area contributed by atoms with Crippen molar-refractivity contribution in [2.75, 3.05) is 11.9 Å². The summed E-state index contributed by atoms with van der Waals surface area (Å²) in [6, 6.07) is 0.654. The largest absolute Gasteiger partial charge is 0.480 e. The van der Waals surface area contributed by atoms with Crippen LogP contribution in [0.1, 0.15) is 18.9 Å². The molecule has 1 aromatic rings. The van der Waals surface area contributed by atoms with E-state index in [1.54, 1.807) is 18.5 Å². The summed E-state index contributed by atoms with van der Waals surface area (Å²) in [4.78, 5) is 28.7. The van der Waals surface area contributed by atoms with Gasteiger partial charge in [-0.25, -0.2) is 9.59 Å². The second-order valence-corrected chi connectivity index (χ2v) is 4.86. The minimum atomic E-state index is -0.956. The van der Waals surface area contributed by atoms with Crippen molar-refractivity contribution in [2.24, 2.45) is 5.92 Å². The minimum absolute atomic E-state index is 0.0294. The summed E-state index contributed by atoms with van der Waals surface area (Å²) in [5, 5.41) is 11.9. The van der Waals surface area contributed by atoms with Gasteiger partial charge in [-0.3, -0.25) is 4.98 Å². The first-order chi connectivity index (χ1) is 9.00. The highest BCUT2D eigenvalue weighted by Gasteiger charge is 2.39. The normalized spacial score (nSPS) is 22.3. The summed E-state index contributed by atoms with van der Waals surface area (Å²) >= 11 is 0. The van der Waals surface area contributed by atoms with E-state index in [0.717, 1.165) is 5.56 Å². The molecule has 2 amide bonds. The average Bonchev–Trinajstić information content (AvgIpc) is 2.74. The van der Waals surface area contributed by atoms with Gasteiger partial charge in [0.1, 0.15) is 6.04 Å². The minimum Gasteiger partial charge on any atom is -0.480 e. The van der Waals surface area contributed by atoms with Crippen LogP contribution in [0.2, 0.25) is 0 Å². The number of likely N-dealkylation sites (tertiary alicyclic amines) is 1. The van der Waals surface area contributed by atoms with Crippen molar-refractivity contribution in [1.29, 1.82) is 0 Å². The van der Waals surface area contributed by atoms with E-state index in [-0.39, 0.29) is 11.9 Å². The highest BCUT2D eigenvalue weighted by Crippen LogP contribution is 2.25. The van der Waals surface area contributed by atoms with E-state index in [4.69, 9.17) is 0 Å². The molecule has 1 saturated heterocycles. The number of rotatable bonds is 2. The third-order valence-electron chi connectivity index (χ3n) is 3.49. The molecule has 6 heteroatoms. The monoisotopic (exact) mass is 263 g/mol. The smallest absolute Gasteiger partial charge is 0.326 e. The van der Waals surface area contributed by atoms with Gasteiger partial charge in [-0.2, -0.15) is 0 Å². The summed E-state index contributed by atoms with van der Waals surface area (Å²) < 4.78 is 0. The number of carbonyl (C=O) groups excluding carboxylic acids is 1. The maximum Gasteiger partial charge on any atom is 0.326 e. The molecule has 2 unspecified atom stereocenters. The molecule has 2 atom stereocenters. The molecule has 0 radical (unpaired) electrons. The van der Waals surface area contributed by atoms with Crippen LogP contribution < -0.4 is 5.32 Å². The molecule has 0 aliphatic carbocycles. The van der Waals surface area contributed by atoms with Crippen LogP contribution in [0.15, 0.2) is 18.5 Å². The quantitative estimate of drug-likeness (QED) is 0.851. The van der Waals surface area contributed by atoms with Gasteiger partial charge < -0.3 is 15.3 Å². The Labute approximate surface area is 111 Å². The van der Waals surface area contributed by atoms with Crippen molar-refractivity contribution in [3.05, 3.63) is 24.0 Å². The number of urea groups is 1. The molecule has 2 N–H and O–H groups in total. The lowest BCUT2D eigenvalue weighted by atomic mass is 10.0. The second kappa shape index (κ2) is 5.26. The topological polar surface area (TPSA) is 82.5 Å². The average molecular weight is 263 g/mol. The van der Waals surface area contributed by atoms with E-state index in [1.807, 2.05) is 13.8 Å². The summed E-state index contributed by atoms with van der Waals surface area (Å²) in [6.07, 6.45) is 3.90. The van der Waals surface area contributed by atoms with Gasteiger partial charge in [-0.1, -0.05) is 6.92 Å². The lowest BCUT2D eigenvalue weighted by Gasteiger charge is -2.23. The Kier molecular flexibility index (Phi) is 3.69. The number of hydrogen-bond donors (Lipinski definition) is 2. The van der Waals surface area contributed by atoms with Crippen molar-refractivity contribution >= 4 is 17.7 Å². The fraction of sp³-hybridized carbons (Fsp3) is 0.462. The molecule has 6 nitrogen and oxygen atoms in total. The molecular weight excluding hydrogens is 246 g/mol. The number of aryl methyl sites for hydroxylation is 1. The standard InChI is InChI=1S/C13H17N3O3/c1-8-3-5-14-7-10(8)15-13(19)16-6-4-9(2)11(16)12(17)18/h3,5,7,9,11H,4,6H2,1-2H3,(H,15,19)(H,17,18). The Bertz CT molecular complexity index is 504. The van der Waals surface area contributed by atoms with Gasteiger partial charge in [0.2, 0.25) is 0 Å². The molecule has 1 aliphatic heterocycles. The zero-order valence-corrected chi connectivity index (χ0v) is 11.0. The van der Waals surface area contributed by atoms with Gasteiger partial charge >= 0.3 is 12.0 Å². The van der Waals surface area contributed by atoms with Crippen LogP contribution >= 0.6 is 0 Å². The molecule has 1 aromatic heterocycles. The maximum absolute atomic E-state index is 12.2. The molecule has 0 aromatic carbocycles. The number of pyridine rings is 1. The molecule has 0 bridgehead atoms. The van der Waals surface area contributed by atoms with Crippen molar-refractivity contribution in [3.63, 3.8) is 0 Å². The van der Waals surface area contributed by atoms with Gasteiger partial charge in [0.25, 0.3) is 0 Å². The molecule has 19 heavy (non-hydrogen) atoms. The van der Waals surface area contributed by atoms with E-state index in [2.05, 4.69) is 10.3 Å². The molecule has 2 heterocycles. The molecule has 1 aliphatic rings. The molecule has 0 spiro atoms. The predicted octanol–water partition coefficient (Wildman–Crippen LogP) is 1.72. The number of aromatic nitrogens is 1. The SMILES string of the molecule is Cc1ccncc1NC(=O)N1CCC(C)C1C(=O)O. The number of nitrogens with zero attached hydrogens (tertiary/aromatic N) is 2. The van der Waals surface area contributed by atoms with E-state index >= 15 is 0 Å². The molecule has 0 saturated carbocycles. The van der Waals surface area contributed by atoms with E-state index in [1.165, 1.54) is 4.90 Å². The molecule has 102 valence electrons. The van der Waals surface area contributed by atoms with Gasteiger partial charge in [0, 0.05) is 12.7 Å². The number of anilines is 1. The third kappa shape index (κ3) is 2.67. The van der Waals surface area contributed by atoms with Crippen molar-refractivity contribution < 1.29 is 14.7 Å². The van der Waals surface area contributed by atoms with E-state index in [0.29, 0.717) is 18.7 Å².